The quantitative estimate of drug-likeness (QED) is 0.321. The fourth-order valence-electron chi connectivity index (χ4n) is 5.23. The summed E-state index contributed by atoms with van der Waals surface area (Å²) in [5, 5.41) is 19.6. The van der Waals surface area contributed by atoms with E-state index in [1.807, 2.05) is 12.1 Å². The summed E-state index contributed by atoms with van der Waals surface area (Å²) in [6.07, 6.45) is 3.81. The minimum absolute atomic E-state index is 0.0869. The van der Waals surface area contributed by atoms with Crippen LogP contribution in [0.1, 0.15) is 52.7 Å². The Morgan fingerprint density at radius 2 is 2.00 bits per heavy atom. The third kappa shape index (κ3) is 5.13. The SMILES string of the molecule is CNC(=O)c1ccc(NC2CCOCC2)c(C(=N)N2CCCc3cc(-c4cnn(C)c4)c(C(F)F)cc32)c1. The molecule has 0 radical (unpaired) electrons. The van der Waals surface area contributed by atoms with Crippen molar-refractivity contribution in [2.75, 3.05) is 37.0 Å². The minimum atomic E-state index is -2.68. The molecule has 3 heterocycles. The number of aromatic nitrogens is 2. The highest BCUT2D eigenvalue weighted by Crippen LogP contribution is 2.39. The van der Waals surface area contributed by atoms with E-state index in [1.54, 1.807) is 48.2 Å². The molecule has 200 valence electrons. The summed E-state index contributed by atoms with van der Waals surface area (Å²) in [7, 11) is 3.32. The number of carbonyl (C=O) groups is 1. The van der Waals surface area contributed by atoms with E-state index in [2.05, 4.69) is 15.7 Å². The molecule has 3 aromatic rings. The largest absolute Gasteiger partial charge is 0.382 e. The van der Waals surface area contributed by atoms with E-state index in [9.17, 15) is 19.0 Å². The number of benzene rings is 2. The van der Waals surface area contributed by atoms with Crippen molar-refractivity contribution in [1.82, 2.24) is 15.1 Å². The van der Waals surface area contributed by atoms with Crippen molar-refractivity contribution < 1.29 is 18.3 Å². The van der Waals surface area contributed by atoms with Crippen LogP contribution in [-0.2, 0) is 18.2 Å². The third-order valence-electron chi connectivity index (χ3n) is 7.24. The third-order valence-corrected chi connectivity index (χ3v) is 7.24. The number of amidine groups is 1. The van der Waals surface area contributed by atoms with E-state index in [0.29, 0.717) is 47.7 Å². The molecule has 1 aromatic heterocycles. The van der Waals surface area contributed by atoms with Crippen LogP contribution in [-0.4, -0.2) is 54.4 Å². The molecule has 0 aliphatic carbocycles. The highest BCUT2D eigenvalue weighted by atomic mass is 19.3. The van der Waals surface area contributed by atoms with Crippen LogP contribution in [0.3, 0.4) is 0 Å². The smallest absolute Gasteiger partial charge is 0.264 e. The van der Waals surface area contributed by atoms with E-state index < -0.39 is 6.43 Å². The number of nitrogens with zero attached hydrogens (tertiary/aromatic N) is 3. The highest BCUT2D eigenvalue weighted by Gasteiger charge is 2.28. The Morgan fingerprint density at radius 1 is 1.21 bits per heavy atom. The van der Waals surface area contributed by atoms with Gasteiger partial charge in [0.1, 0.15) is 5.84 Å². The fourth-order valence-corrected chi connectivity index (χ4v) is 5.23. The molecule has 10 heteroatoms. The van der Waals surface area contributed by atoms with Crippen LogP contribution < -0.4 is 15.5 Å². The minimum Gasteiger partial charge on any atom is -0.382 e. The molecule has 0 atom stereocenters. The lowest BCUT2D eigenvalue weighted by atomic mass is 9.92. The fraction of sp³-hybridized carbons (Fsp3) is 0.393. The zero-order chi connectivity index (χ0) is 26.8. The molecule has 8 nitrogen and oxygen atoms in total. The number of hydrogen-bond acceptors (Lipinski definition) is 5. The van der Waals surface area contributed by atoms with Crippen LogP contribution in [0.15, 0.2) is 42.7 Å². The second-order valence-electron chi connectivity index (χ2n) is 9.75. The number of carbonyl (C=O) groups excluding carboxylic acids is 1. The number of anilines is 2. The van der Waals surface area contributed by atoms with Gasteiger partial charge in [0.05, 0.1) is 6.20 Å². The summed E-state index contributed by atoms with van der Waals surface area (Å²) in [4.78, 5) is 14.2. The van der Waals surface area contributed by atoms with Gasteiger partial charge in [0.25, 0.3) is 12.3 Å². The monoisotopic (exact) mass is 522 g/mol. The predicted molar refractivity (Wildman–Crippen MR) is 143 cm³/mol. The normalized spacial score (nSPS) is 15.9. The summed E-state index contributed by atoms with van der Waals surface area (Å²) in [6, 6.07) is 8.78. The maximum absolute atomic E-state index is 14.3. The van der Waals surface area contributed by atoms with Gasteiger partial charge in [-0.2, -0.15) is 5.10 Å². The second-order valence-corrected chi connectivity index (χ2v) is 9.75. The molecule has 1 saturated heterocycles. The Morgan fingerprint density at radius 3 is 2.68 bits per heavy atom. The number of amides is 1. The van der Waals surface area contributed by atoms with Crippen LogP contribution in [0.4, 0.5) is 20.2 Å². The van der Waals surface area contributed by atoms with E-state index in [1.165, 1.54) is 6.07 Å². The first-order chi connectivity index (χ1) is 18.4. The number of nitrogens with one attached hydrogen (secondary N) is 3. The molecule has 38 heavy (non-hydrogen) atoms. The number of fused-ring (bicyclic) bond motifs is 1. The van der Waals surface area contributed by atoms with Crippen LogP contribution in [0, 0.1) is 5.41 Å². The van der Waals surface area contributed by atoms with Crippen LogP contribution in [0.25, 0.3) is 11.1 Å². The Hall–Kier alpha value is -3.79. The van der Waals surface area contributed by atoms with Gasteiger partial charge in [-0.15, -0.1) is 0 Å². The summed E-state index contributed by atoms with van der Waals surface area (Å²) in [5.41, 5.74) is 4.25. The summed E-state index contributed by atoms with van der Waals surface area (Å²) in [5.74, 6) is -0.0857. The van der Waals surface area contributed by atoms with Gasteiger partial charge in [0, 0.05) is 79.7 Å². The van der Waals surface area contributed by atoms with Crippen LogP contribution in [0.5, 0.6) is 0 Å². The topological polar surface area (TPSA) is 95.3 Å². The molecule has 2 aromatic carbocycles. The van der Waals surface area contributed by atoms with Gasteiger partial charge >= 0.3 is 0 Å². The lowest BCUT2D eigenvalue weighted by Crippen LogP contribution is -2.37. The lowest BCUT2D eigenvalue weighted by Gasteiger charge is -2.34. The van der Waals surface area contributed by atoms with Crippen molar-refractivity contribution >= 4 is 23.1 Å². The molecule has 0 spiro atoms. The highest BCUT2D eigenvalue weighted by molar-refractivity contribution is 6.13. The van der Waals surface area contributed by atoms with Gasteiger partial charge in [0.15, 0.2) is 0 Å². The van der Waals surface area contributed by atoms with Crippen molar-refractivity contribution in [2.45, 2.75) is 38.2 Å². The first-order valence-electron chi connectivity index (χ1n) is 12.9. The van der Waals surface area contributed by atoms with Gasteiger partial charge in [-0.1, -0.05) is 0 Å². The molecule has 0 saturated carbocycles. The molecule has 2 aliphatic rings. The van der Waals surface area contributed by atoms with Gasteiger partial charge in [-0.05, 0) is 67.1 Å². The van der Waals surface area contributed by atoms with E-state index >= 15 is 0 Å². The summed E-state index contributed by atoms with van der Waals surface area (Å²) < 4.78 is 35.6. The Kier molecular flexibility index (Phi) is 7.42. The van der Waals surface area contributed by atoms with Crippen molar-refractivity contribution in [3.05, 3.63) is 65.0 Å². The first kappa shape index (κ1) is 25.8. The van der Waals surface area contributed by atoms with Gasteiger partial charge < -0.3 is 20.3 Å². The van der Waals surface area contributed by atoms with Crippen molar-refractivity contribution in [3.8, 4) is 11.1 Å². The van der Waals surface area contributed by atoms with Gasteiger partial charge in [0.2, 0.25) is 0 Å². The Labute approximate surface area is 220 Å². The maximum Gasteiger partial charge on any atom is 0.264 e. The van der Waals surface area contributed by atoms with E-state index in [0.717, 1.165) is 36.9 Å². The molecule has 1 fully saturated rings. The molecule has 1 amide bonds. The zero-order valence-electron chi connectivity index (χ0n) is 21.6. The maximum atomic E-state index is 14.3. The average Bonchev–Trinajstić information content (AvgIpc) is 3.38. The number of aryl methyl sites for hydroxylation is 2. The first-order valence-corrected chi connectivity index (χ1v) is 12.9. The molecule has 2 aliphatic heterocycles. The summed E-state index contributed by atoms with van der Waals surface area (Å²) in [6.45, 7) is 1.84. The zero-order valence-corrected chi connectivity index (χ0v) is 21.6. The number of hydrogen-bond donors (Lipinski definition) is 3. The predicted octanol–water partition coefficient (Wildman–Crippen LogP) is 4.75. The number of halogens is 2. The molecular formula is C28H32F2N6O2. The molecule has 0 unspecified atom stereocenters. The van der Waals surface area contributed by atoms with E-state index in [-0.39, 0.29) is 23.3 Å². The molecular weight excluding hydrogens is 490 g/mol. The van der Waals surface area contributed by atoms with Crippen molar-refractivity contribution in [3.63, 3.8) is 0 Å². The second kappa shape index (κ2) is 10.9. The standard InChI is InChI=1S/C28H32F2N6O2/c1-32-28(37)18-5-6-24(34-20-7-10-38-11-8-20)23(13-18)27(31)36-9-3-4-17-12-21(19-15-33-35(2)16-19)22(26(29)30)14-25(17)36/h5-6,12-16,20,26,31,34H,3-4,7-11H2,1-2H3,(H,32,37). The molecule has 0 bridgehead atoms. The Bertz CT molecular complexity index is 1350. The van der Waals surface area contributed by atoms with Crippen molar-refractivity contribution in [1.29, 1.82) is 5.41 Å². The van der Waals surface area contributed by atoms with E-state index in [4.69, 9.17) is 4.74 Å². The summed E-state index contributed by atoms with van der Waals surface area (Å²) >= 11 is 0. The molecule has 5 rings (SSSR count). The van der Waals surface area contributed by atoms with Gasteiger partial charge in [-0.25, -0.2) is 8.78 Å². The number of rotatable bonds is 6. The van der Waals surface area contributed by atoms with Crippen LogP contribution >= 0.6 is 0 Å². The lowest BCUT2D eigenvalue weighted by molar-refractivity contribution is 0.0904. The number of alkyl halides is 2. The average molecular weight is 523 g/mol. The van der Waals surface area contributed by atoms with Gasteiger partial charge in [-0.3, -0.25) is 14.9 Å². The number of ether oxygens (including phenoxy) is 1. The Balaban J connectivity index is 1.55. The van der Waals surface area contributed by atoms with Crippen molar-refractivity contribution in [2.24, 2.45) is 7.05 Å². The van der Waals surface area contributed by atoms with Crippen LogP contribution in [0.2, 0.25) is 0 Å². The molecule has 3 N–H and O–H groups in total.